The molecule has 3 rings (SSSR count). The van der Waals surface area contributed by atoms with E-state index in [9.17, 15) is 9.59 Å². The third kappa shape index (κ3) is 5.80. The first-order valence-electron chi connectivity index (χ1n) is 9.22. The van der Waals surface area contributed by atoms with E-state index in [-0.39, 0.29) is 11.8 Å². The fourth-order valence-corrected chi connectivity index (χ4v) is 4.17. The predicted molar refractivity (Wildman–Crippen MR) is 99.5 cm³/mol. The molecule has 0 spiro atoms. The molecule has 6 nitrogen and oxygen atoms in total. The Bertz CT molecular complexity index is 555. The van der Waals surface area contributed by atoms with Crippen LogP contribution in [0.3, 0.4) is 0 Å². The maximum Gasteiger partial charge on any atom is 0.234 e. The second-order valence-corrected chi connectivity index (χ2v) is 7.85. The van der Waals surface area contributed by atoms with Gasteiger partial charge >= 0.3 is 0 Å². The van der Waals surface area contributed by atoms with Crippen LogP contribution in [0.15, 0.2) is 17.5 Å². The number of hydrogen-bond donors (Lipinski definition) is 1. The van der Waals surface area contributed by atoms with Crippen molar-refractivity contribution in [2.24, 2.45) is 0 Å². The highest BCUT2D eigenvalue weighted by molar-refractivity contribution is 7.09. The molecule has 2 saturated heterocycles. The van der Waals surface area contributed by atoms with Crippen molar-refractivity contribution in [1.29, 1.82) is 0 Å². The fraction of sp³-hybridized carbons (Fsp3) is 0.667. The van der Waals surface area contributed by atoms with E-state index >= 15 is 0 Å². The molecule has 0 atom stereocenters. The van der Waals surface area contributed by atoms with Crippen molar-refractivity contribution in [1.82, 2.24) is 20.0 Å². The van der Waals surface area contributed by atoms with Gasteiger partial charge < -0.3 is 10.2 Å². The molecule has 0 aliphatic carbocycles. The minimum absolute atomic E-state index is 0.0967. The van der Waals surface area contributed by atoms with Crippen LogP contribution in [0.5, 0.6) is 0 Å². The summed E-state index contributed by atoms with van der Waals surface area (Å²) in [5, 5.41) is 5.11. The molecule has 1 aromatic heterocycles. The Morgan fingerprint density at radius 3 is 2.64 bits per heavy atom. The van der Waals surface area contributed by atoms with Crippen LogP contribution in [-0.4, -0.2) is 78.9 Å². The number of amides is 2. The van der Waals surface area contributed by atoms with E-state index in [1.165, 1.54) is 4.88 Å². The van der Waals surface area contributed by atoms with Crippen molar-refractivity contribution < 1.29 is 9.59 Å². The predicted octanol–water partition coefficient (Wildman–Crippen LogP) is 0.994. The van der Waals surface area contributed by atoms with E-state index in [2.05, 4.69) is 32.6 Å². The number of carbonyl (C=O) groups is 2. The Hall–Kier alpha value is -1.44. The molecule has 2 amide bonds. The van der Waals surface area contributed by atoms with Crippen molar-refractivity contribution >= 4 is 23.2 Å². The highest BCUT2D eigenvalue weighted by atomic mass is 32.1. The van der Waals surface area contributed by atoms with Crippen molar-refractivity contribution in [3.63, 3.8) is 0 Å². The highest BCUT2D eigenvalue weighted by Gasteiger charge is 2.20. The van der Waals surface area contributed by atoms with Crippen molar-refractivity contribution in [2.75, 3.05) is 52.4 Å². The molecule has 2 aliphatic rings. The molecule has 0 radical (unpaired) electrons. The largest absolute Gasteiger partial charge is 0.355 e. The molecule has 7 heteroatoms. The number of nitrogens with zero attached hydrogens (tertiary/aromatic N) is 3. The van der Waals surface area contributed by atoms with E-state index in [1.54, 1.807) is 11.3 Å². The van der Waals surface area contributed by atoms with E-state index in [1.807, 2.05) is 4.90 Å². The Kier molecular flexibility index (Phi) is 6.84. The molecular formula is C18H28N4O2S. The van der Waals surface area contributed by atoms with Gasteiger partial charge in [0.25, 0.3) is 0 Å². The lowest BCUT2D eigenvalue weighted by molar-refractivity contribution is -0.127. The van der Waals surface area contributed by atoms with Crippen molar-refractivity contribution in [2.45, 2.75) is 25.8 Å². The zero-order chi connectivity index (χ0) is 17.5. The minimum Gasteiger partial charge on any atom is -0.355 e. The summed E-state index contributed by atoms with van der Waals surface area (Å²) in [4.78, 5) is 31.6. The number of rotatable bonds is 8. The zero-order valence-corrected chi connectivity index (χ0v) is 15.6. The van der Waals surface area contributed by atoms with Gasteiger partial charge in [-0.3, -0.25) is 19.4 Å². The van der Waals surface area contributed by atoms with E-state index in [4.69, 9.17) is 0 Å². The summed E-state index contributed by atoms with van der Waals surface area (Å²) in [5.74, 6) is 0.353. The first kappa shape index (κ1) is 18.4. The van der Waals surface area contributed by atoms with Gasteiger partial charge in [0.15, 0.2) is 0 Å². The van der Waals surface area contributed by atoms with Gasteiger partial charge in [-0.15, -0.1) is 11.3 Å². The van der Waals surface area contributed by atoms with Crippen LogP contribution in [-0.2, 0) is 16.1 Å². The molecule has 1 aromatic rings. The van der Waals surface area contributed by atoms with E-state index in [0.717, 1.165) is 58.7 Å². The van der Waals surface area contributed by atoms with Gasteiger partial charge in [-0.05, 0) is 24.3 Å². The van der Waals surface area contributed by atoms with E-state index < -0.39 is 0 Å². The number of thiophene rings is 1. The topological polar surface area (TPSA) is 55.9 Å². The Morgan fingerprint density at radius 2 is 1.96 bits per heavy atom. The molecule has 3 heterocycles. The van der Waals surface area contributed by atoms with Crippen LogP contribution in [0.1, 0.15) is 24.1 Å². The number of piperazine rings is 1. The number of nitrogens with one attached hydrogen (secondary N) is 1. The van der Waals surface area contributed by atoms with Crippen LogP contribution in [0.4, 0.5) is 0 Å². The van der Waals surface area contributed by atoms with Crippen LogP contribution in [0, 0.1) is 0 Å². The lowest BCUT2D eigenvalue weighted by Gasteiger charge is -2.34. The average molecular weight is 365 g/mol. The number of carbonyl (C=O) groups excluding carboxylic acids is 2. The van der Waals surface area contributed by atoms with Gasteiger partial charge in [-0.1, -0.05) is 6.07 Å². The van der Waals surface area contributed by atoms with Crippen molar-refractivity contribution in [3.8, 4) is 0 Å². The van der Waals surface area contributed by atoms with Crippen LogP contribution in [0.2, 0.25) is 0 Å². The second kappa shape index (κ2) is 9.31. The summed E-state index contributed by atoms with van der Waals surface area (Å²) in [5.41, 5.74) is 0. The fourth-order valence-electron chi connectivity index (χ4n) is 3.43. The summed E-state index contributed by atoms with van der Waals surface area (Å²) < 4.78 is 0. The third-order valence-corrected chi connectivity index (χ3v) is 5.75. The standard InChI is InChI=1S/C18H28N4O2S/c23-17(19-6-3-8-22-7-1-5-18(22)24)15-21-11-9-20(10-12-21)14-16-4-2-13-25-16/h2,4,13H,1,3,5-12,14-15H2,(H,19,23). The average Bonchev–Trinajstić information content (AvgIpc) is 3.25. The maximum atomic E-state index is 12.1. The lowest BCUT2D eigenvalue weighted by Crippen LogP contribution is -2.49. The SMILES string of the molecule is O=C(CN1CCN(Cc2cccs2)CC1)NCCCN1CCCC1=O. The van der Waals surface area contributed by atoms with Crippen molar-refractivity contribution in [3.05, 3.63) is 22.4 Å². The van der Waals surface area contributed by atoms with Gasteiger partial charge in [0.2, 0.25) is 11.8 Å². The van der Waals surface area contributed by atoms with Gasteiger partial charge in [-0.25, -0.2) is 0 Å². The smallest absolute Gasteiger partial charge is 0.234 e. The molecule has 0 saturated carbocycles. The summed E-state index contributed by atoms with van der Waals surface area (Å²) in [6.07, 6.45) is 2.50. The summed E-state index contributed by atoms with van der Waals surface area (Å²) in [6, 6.07) is 4.28. The normalized spacial score (nSPS) is 19.5. The molecule has 0 aromatic carbocycles. The Labute approximate surface area is 153 Å². The minimum atomic E-state index is 0.0967. The molecule has 1 N–H and O–H groups in total. The lowest BCUT2D eigenvalue weighted by atomic mass is 10.3. The first-order valence-corrected chi connectivity index (χ1v) is 10.1. The second-order valence-electron chi connectivity index (χ2n) is 6.82. The molecule has 2 aliphatic heterocycles. The highest BCUT2D eigenvalue weighted by Crippen LogP contribution is 2.13. The van der Waals surface area contributed by atoms with E-state index in [0.29, 0.717) is 19.5 Å². The molecule has 0 bridgehead atoms. The monoisotopic (exact) mass is 364 g/mol. The van der Waals surface area contributed by atoms with Crippen LogP contribution >= 0.6 is 11.3 Å². The van der Waals surface area contributed by atoms with Gasteiger partial charge in [0, 0.05) is 63.7 Å². The molecule has 25 heavy (non-hydrogen) atoms. The zero-order valence-electron chi connectivity index (χ0n) is 14.8. The number of likely N-dealkylation sites (tertiary alicyclic amines) is 1. The van der Waals surface area contributed by atoms with Crippen LogP contribution in [0.25, 0.3) is 0 Å². The van der Waals surface area contributed by atoms with Crippen LogP contribution < -0.4 is 5.32 Å². The van der Waals surface area contributed by atoms with Gasteiger partial charge in [-0.2, -0.15) is 0 Å². The molecular weight excluding hydrogens is 336 g/mol. The van der Waals surface area contributed by atoms with Gasteiger partial charge in [0.1, 0.15) is 0 Å². The maximum absolute atomic E-state index is 12.1. The molecule has 2 fully saturated rings. The summed E-state index contributed by atoms with van der Waals surface area (Å²) in [7, 11) is 0. The summed E-state index contributed by atoms with van der Waals surface area (Å²) >= 11 is 1.80. The Morgan fingerprint density at radius 1 is 1.16 bits per heavy atom. The molecule has 0 unspecified atom stereocenters. The third-order valence-electron chi connectivity index (χ3n) is 4.89. The molecule has 138 valence electrons. The first-order chi connectivity index (χ1) is 12.2. The number of hydrogen-bond acceptors (Lipinski definition) is 5. The quantitative estimate of drug-likeness (QED) is 0.699. The van der Waals surface area contributed by atoms with Gasteiger partial charge in [0.05, 0.1) is 6.54 Å². The Balaban J connectivity index is 1.25. The summed E-state index contributed by atoms with van der Waals surface area (Å²) in [6.45, 7) is 7.72.